The molecule has 2 atom stereocenters. The Morgan fingerprint density at radius 1 is 1.12 bits per heavy atom. The molecule has 0 spiro atoms. The minimum absolute atomic E-state index is 0.239. The number of carbonyl (C=O) groups is 2. The molecule has 0 fully saturated rings. The summed E-state index contributed by atoms with van der Waals surface area (Å²) >= 11 is 0. The summed E-state index contributed by atoms with van der Waals surface area (Å²) in [6, 6.07) is 15.6. The van der Waals surface area contributed by atoms with E-state index < -0.39 is 17.9 Å². The summed E-state index contributed by atoms with van der Waals surface area (Å²) in [6.07, 6.45) is 0.267. The maximum absolute atomic E-state index is 12.8. The van der Waals surface area contributed by atoms with Crippen molar-refractivity contribution in [3.63, 3.8) is 0 Å². The van der Waals surface area contributed by atoms with E-state index in [9.17, 15) is 14.7 Å². The van der Waals surface area contributed by atoms with E-state index in [4.69, 9.17) is 4.74 Å². The zero-order chi connectivity index (χ0) is 18.4. The standard InChI is InChI=1S/C20H23NO4/c1-14(16-10-7-11-17(13-16)25-3)19(22)21(2)18(20(23)24)12-15-8-5-4-6-9-15/h4-11,13-14,18H,12H2,1-3H3,(H,23,24). The van der Waals surface area contributed by atoms with Crippen molar-refractivity contribution in [2.75, 3.05) is 14.2 Å². The number of carboxylic acid groups (broad SMARTS) is 1. The molecule has 2 rings (SSSR count). The van der Waals surface area contributed by atoms with Gasteiger partial charge in [0, 0.05) is 13.5 Å². The van der Waals surface area contributed by atoms with Crippen LogP contribution in [0.3, 0.4) is 0 Å². The van der Waals surface area contributed by atoms with E-state index in [-0.39, 0.29) is 12.3 Å². The second-order valence-electron chi connectivity index (χ2n) is 5.99. The van der Waals surface area contributed by atoms with Gasteiger partial charge in [-0.05, 0) is 30.2 Å². The molecular weight excluding hydrogens is 318 g/mol. The van der Waals surface area contributed by atoms with E-state index in [2.05, 4.69) is 0 Å². The van der Waals surface area contributed by atoms with Gasteiger partial charge in [0.15, 0.2) is 0 Å². The predicted molar refractivity (Wildman–Crippen MR) is 95.7 cm³/mol. The predicted octanol–water partition coefficient (Wildman–Crippen LogP) is 2.95. The Kier molecular flexibility index (Phi) is 6.17. The highest BCUT2D eigenvalue weighted by Gasteiger charge is 2.30. The van der Waals surface area contributed by atoms with Crippen LogP contribution < -0.4 is 4.74 Å². The van der Waals surface area contributed by atoms with Crippen molar-refractivity contribution < 1.29 is 19.4 Å². The third kappa shape index (κ3) is 4.59. The van der Waals surface area contributed by atoms with Gasteiger partial charge in [0.2, 0.25) is 5.91 Å². The van der Waals surface area contributed by atoms with Crippen molar-refractivity contribution in [2.24, 2.45) is 0 Å². The molecule has 0 radical (unpaired) electrons. The van der Waals surface area contributed by atoms with Crippen molar-refractivity contribution in [1.82, 2.24) is 4.90 Å². The van der Waals surface area contributed by atoms with Crippen LogP contribution >= 0.6 is 0 Å². The van der Waals surface area contributed by atoms with Gasteiger partial charge in [0.25, 0.3) is 0 Å². The van der Waals surface area contributed by atoms with Crippen molar-refractivity contribution in [3.8, 4) is 5.75 Å². The number of carbonyl (C=O) groups excluding carboxylic acids is 1. The summed E-state index contributed by atoms with van der Waals surface area (Å²) < 4.78 is 5.19. The molecule has 0 aliphatic heterocycles. The Bertz CT molecular complexity index is 729. The van der Waals surface area contributed by atoms with Crippen LogP contribution in [-0.4, -0.2) is 42.1 Å². The Hall–Kier alpha value is -2.82. The van der Waals surface area contributed by atoms with Gasteiger partial charge < -0.3 is 14.7 Å². The van der Waals surface area contributed by atoms with Gasteiger partial charge in [-0.15, -0.1) is 0 Å². The van der Waals surface area contributed by atoms with Gasteiger partial charge in [-0.1, -0.05) is 42.5 Å². The number of likely N-dealkylation sites (N-methyl/N-ethyl adjacent to an activating group) is 1. The minimum Gasteiger partial charge on any atom is -0.497 e. The normalized spacial score (nSPS) is 12.9. The number of nitrogens with zero attached hydrogens (tertiary/aromatic N) is 1. The molecule has 0 bridgehead atoms. The summed E-state index contributed by atoms with van der Waals surface area (Å²) in [6.45, 7) is 1.77. The molecule has 0 aromatic heterocycles. The van der Waals surface area contributed by atoms with E-state index in [1.165, 1.54) is 4.90 Å². The van der Waals surface area contributed by atoms with Crippen LogP contribution in [-0.2, 0) is 16.0 Å². The molecular formula is C20H23NO4. The first kappa shape index (κ1) is 18.5. The number of ether oxygens (including phenoxy) is 1. The van der Waals surface area contributed by atoms with Crippen molar-refractivity contribution in [3.05, 3.63) is 65.7 Å². The van der Waals surface area contributed by atoms with Crippen LogP contribution in [0, 0.1) is 0 Å². The smallest absolute Gasteiger partial charge is 0.326 e. The zero-order valence-electron chi connectivity index (χ0n) is 14.7. The molecule has 0 heterocycles. The van der Waals surface area contributed by atoms with E-state index in [1.54, 1.807) is 33.2 Å². The zero-order valence-corrected chi connectivity index (χ0v) is 14.7. The molecule has 0 saturated heterocycles. The Labute approximate surface area is 147 Å². The van der Waals surface area contributed by atoms with Crippen molar-refractivity contribution in [2.45, 2.75) is 25.3 Å². The Morgan fingerprint density at radius 2 is 1.80 bits per heavy atom. The average molecular weight is 341 g/mol. The molecule has 1 N–H and O–H groups in total. The lowest BCUT2D eigenvalue weighted by Gasteiger charge is -2.28. The third-order valence-electron chi connectivity index (χ3n) is 4.34. The summed E-state index contributed by atoms with van der Waals surface area (Å²) in [5, 5.41) is 9.57. The van der Waals surface area contributed by atoms with Gasteiger partial charge in [-0.2, -0.15) is 0 Å². The number of aliphatic carboxylic acids is 1. The average Bonchev–Trinajstić information content (AvgIpc) is 2.65. The van der Waals surface area contributed by atoms with Crippen LogP contribution in [0.15, 0.2) is 54.6 Å². The van der Waals surface area contributed by atoms with E-state index in [0.717, 1.165) is 11.1 Å². The summed E-state index contributed by atoms with van der Waals surface area (Å²) in [5.41, 5.74) is 1.67. The molecule has 5 heteroatoms. The fourth-order valence-corrected chi connectivity index (χ4v) is 2.74. The minimum atomic E-state index is -1.02. The maximum atomic E-state index is 12.8. The van der Waals surface area contributed by atoms with Gasteiger partial charge in [-0.25, -0.2) is 4.79 Å². The lowest BCUT2D eigenvalue weighted by Crippen LogP contribution is -2.45. The number of methoxy groups -OCH3 is 1. The number of hydrogen-bond acceptors (Lipinski definition) is 3. The van der Waals surface area contributed by atoms with Gasteiger partial charge >= 0.3 is 5.97 Å². The molecule has 2 unspecified atom stereocenters. The quantitative estimate of drug-likeness (QED) is 0.841. The lowest BCUT2D eigenvalue weighted by molar-refractivity contribution is -0.149. The van der Waals surface area contributed by atoms with E-state index in [1.807, 2.05) is 42.5 Å². The van der Waals surface area contributed by atoms with Gasteiger partial charge in [0.1, 0.15) is 11.8 Å². The van der Waals surface area contributed by atoms with Crippen LogP contribution in [0.5, 0.6) is 5.75 Å². The summed E-state index contributed by atoms with van der Waals surface area (Å²) in [5.74, 6) is -1.05. The second-order valence-corrected chi connectivity index (χ2v) is 5.99. The fraction of sp³-hybridized carbons (Fsp3) is 0.300. The Balaban J connectivity index is 2.18. The number of amides is 1. The van der Waals surface area contributed by atoms with Crippen LogP contribution in [0.1, 0.15) is 24.0 Å². The van der Waals surface area contributed by atoms with E-state index in [0.29, 0.717) is 5.75 Å². The molecule has 25 heavy (non-hydrogen) atoms. The highest BCUT2D eigenvalue weighted by atomic mass is 16.5. The second kappa shape index (κ2) is 8.33. The van der Waals surface area contributed by atoms with Crippen LogP contribution in [0.4, 0.5) is 0 Å². The molecule has 1 amide bonds. The first-order valence-electron chi connectivity index (χ1n) is 8.11. The molecule has 0 aliphatic rings. The summed E-state index contributed by atoms with van der Waals surface area (Å²) in [4.78, 5) is 25.8. The molecule has 0 saturated carbocycles. The number of carboxylic acids is 1. The van der Waals surface area contributed by atoms with Gasteiger partial charge in [-0.3, -0.25) is 4.79 Å². The van der Waals surface area contributed by atoms with Crippen molar-refractivity contribution >= 4 is 11.9 Å². The monoisotopic (exact) mass is 341 g/mol. The van der Waals surface area contributed by atoms with Crippen molar-refractivity contribution in [1.29, 1.82) is 0 Å². The lowest BCUT2D eigenvalue weighted by atomic mass is 9.97. The van der Waals surface area contributed by atoms with Crippen LogP contribution in [0.2, 0.25) is 0 Å². The molecule has 2 aromatic rings. The largest absolute Gasteiger partial charge is 0.497 e. The molecule has 0 aliphatic carbocycles. The number of benzene rings is 2. The number of hydrogen-bond donors (Lipinski definition) is 1. The fourth-order valence-electron chi connectivity index (χ4n) is 2.74. The molecule has 5 nitrogen and oxygen atoms in total. The van der Waals surface area contributed by atoms with Gasteiger partial charge in [0.05, 0.1) is 13.0 Å². The SMILES string of the molecule is COc1cccc(C(C)C(=O)N(C)C(Cc2ccccc2)C(=O)O)c1. The van der Waals surface area contributed by atoms with E-state index >= 15 is 0 Å². The highest BCUT2D eigenvalue weighted by Crippen LogP contribution is 2.23. The third-order valence-corrected chi connectivity index (χ3v) is 4.34. The first-order chi connectivity index (χ1) is 11.9. The highest BCUT2D eigenvalue weighted by molar-refractivity contribution is 5.88. The first-order valence-corrected chi connectivity index (χ1v) is 8.11. The number of rotatable bonds is 7. The molecule has 2 aromatic carbocycles. The topological polar surface area (TPSA) is 66.8 Å². The Morgan fingerprint density at radius 3 is 2.40 bits per heavy atom. The summed E-state index contributed by atoms with van der Waals surface area (Å²) in [7, 11) is 3.11. The van der Waals surface area contributed by atoms with Crippen LogP contribution in [0.25, 0.3) is 0 Å². The molecule has 132 valence electrons. The maximum Gasteiger partial charge on any atom is 0.326 e.